The highest BCUT2D eigenvalue weighted by atomic mass is 15.1. The summed E-state index contributed by atoms with van der Waals surface area (Å²) in [4.78, 5) is 2.35. The van der Waals surface area contributed by atoms with Gasteiger partial charge in [-0.1, -0.05) is 176 Å². The Hall–Kier alpha value is -8.20. The molecule has 12 aromatic rings. The quantitative estimate of drug-likeness (QED) is 0.146. The molecular formula is C60H40N2. The van der Waals surface area contributed by atoms with Crippen molar-refractivity contribution in [3.63, 3.8) is 0 Å². The van der Waals surface area contributed by atoms with Gasteiger partial charge in [0.15, 0.2) is 0 Å². The van der Waals surface area contributed by atoms with Crippen LogP contribution < -0.4 is 4.90 Å². The average molecular weight is 789 g/mol. The number of hydrogen-bond acceptors (Lipinski definition) is 1. The number of aromatic nitrogens is 1. The lowest BCUT2D eigenvalue weighted by Crippen LogP contribution is -2.09. The molecule has 2 nitrogen and oxygen atoms in total. The molecule has 12 rings (SSSR count). The molecule has 62 heavy (non-hydrogen) atoms. The van der Waals surface area contributed by atoms with Gasteiger partial charge < -0.3 is 9.47 Å². The van der Waals surface area contributed by atoms with Gasteiger partial charge in [0.1, 0.15) is 0 Å². The first-order valence-electron chi connectivity index (χ1n) is 21.3. The molecule has 0 aliphatic carbocycles. The number of hydrogen-bond donors (Lipinski definition) is 0. The smallest absolute Gasteiger partial charge is 0.0541 e. The Morgan fingerprint density at radius 3 is 1.40 bits per heavy atom. The van der Waals surface area contributed by atoms with Gasteiger partial charge in [-0.05, 0) is 132 Å². The van der Waals surface area contributed by atoms with Crippen LogP contribution in [0.15, 0.2) is 243 Å². The summed E-state index contributed by atoms with van der Waals surface area (Å²) in [6, 6.07) is 88.4. The minimum Gasteiger partial charge on any atom is -0.311 e. The Morgan fingerprint density at radius 1 is 0.274 bits per heavy atom. The molecule has 0 saturated carbocycles. The third-order valence-electron chi connectivity index (χ3n) is 12.6. The SMILES string of the molecule is c1ccc(-c2cc(-n3c4ccccc4c4ccccc43)ccc2-c2ccc(N(c3ccccc3)c3ccc(-c4cc5ccccc5c5c4ccc4ccccc45)cc3)cc2)cc1. The number of anilines is 3. The average Bonchev–Trinajstić information content (AvgIpc) is 3.69. The maximum atomic E-state index is 2.40. The van der Waals surface area contributed by atoms with E-state index in [0.717, 1.165) is 22.7 Å². The highest BCUT2D eigenvalue weighted by molar-refractivity contribution is 6.24. The number of fused-ring (bicyclic) bond motifs is 8. The van der Waals surface area contributed by atoms with Crippen molar-refractivity contribution in [1.82, 2.24) is 4.57 Å². The van der Waals surface area contributed by atoms with E-state index in [-0.39, 0.29) is 0 Å². The molecule has 0 radical (unpaired) electrons. The fourth-order valence-electron chi connectivity index (χ4n) is 9.69. The fraction of sp³-hybridized carbons (Fsp3) is 0. The van der Waals surface area contributed by atoms with Gasteiger partial charge in [-0.15, -0.1) is 0 Å². The summed E-state index contributed by atoms with van der Waals surface area (Å²) in [5.41, 5.74) is 14.0. The number of benzene rings is 11. The zero-order valence-electron chi connectivity index (χ0n) is 34.0. The van der Waals surface area contributed by atoms with E-state index in [0.29, 0.717) is 0 Å². The summed E-state index contributed by atoms with van der Waals surface area (Å²) >= 11 is 0. The van der Waals surface area contributed by atoms with Crippen LogP contribution in [0.2, 0.25) is 0 Å². The van der Waals surface area contributed by atoms with Crippen molar-refractivity contribution < 1.29 is 0 Å². The zero-order chi connectivity index (χ0) is 41.0. The number of nitrogens with zero attached hydrogens (tertiary/aromatic N) is 2. The monoisotopic (exact) mass is 788 g/mol. The lowest BCUT2D eigenvalue weighted by Gasteiger charge is -2.26. The van der Waals surface area contributed by atoms with Crippen molar-refractivity contribution in [1.29, 1.82) is 0 Å². The van der Waals surface area contributed by atoms with Crippen LogP contribution in [0, 0.1) is 0 Å². The van der Waals surface area contributed by atoms with Crippen LogP contribution >= 0.6 is 0 Å². The summed E-state index contributed by atoms with van der Waals surface area (Å²) in [5, 5.41) is 10.2. The fourth-order valence-corrected chi connectivity index (χ4v) is 9.69. The third-order valence-corrected chi connectivity index (χ3v) is 12.6. The molecule has 1 aromatic heterocycles. The first-order chi connectivity index (χ1) is 30.8. The van der Waals surface area contributed by atoms with Crippen LogP contribution in [0.5, 0.6) is 0 Å². The first-order valence-corrected chi connectivity index (χ1v) is 21.3. The van der Waals surface area contributed by atoms with Gasteiger partial charge in [0, 0.05) is 33.5 Å². The molecule has 0 spiro atoms. The van der Waals surface area contributed by atoms with Gasteiger partial charge in [-0.25, -0.2) is 0 Å². The van der Waals surface area contributed by atoms with E-state index in [9.17, 15) is 0 Å². The van der Waals surface area contributed by atoms with E-state index in [4.69, 9.17) is 0 Å². The van der Waals surface area contributed by atoms with E-state index in [1.165, 1.54) is 87.5 Å². The standard InChI is InChI=1S/C60H40N2/c1-3-15-41(16-4-1)57-40-49(62-58-25-13-11-23-53(58)54-24-12-14-26-59(54)62)36-38-50(57)43-27-32-47(33-28-43)61(46-19-5-2-6-20-46)48-34-29-44(30-35-48)56-39-45-18-8-10-22-52(45)60-51-21-9-7-17-42(51)31-37-55(56)60/h1-40H. The molecular weight excluding hydrogens is 749 g/mol. The number of para-hydroxylation sites is 3. The first kappa shape index (κ1) is 35.7. The van der Waals surface area contributed by atoms with E-state index < -0.39 is 0 Å². The van der Waals surface area contributed by atoms with E-state index in [1.54, 1.807) is 0 Å². The Bertz CT molecular complexity index is 3530. The van der Waals surface area contributed by atoms with Gasteiger partial charge in [-0.2, -0.15) is 0 Å². The molecule has 0 aliphatic heterocycles. The van der Waals surface area contributed by atoms with Crippen LogP contribution in [0.25, 0.3) is 93.2 Å². The topological polar surface area (TPSA) is 8.17 Å². The molecule has 0 bridgehead atoms. The molecule has 0 N–H and O–H groups in total. The molecule has 0 fully saturated rings. The van der Waals surface area contributed by atoms with Crippen molar-refractivity contribution in [3.05, 3.63) is 243 Å². The minimum absolute atomic E-state index is 1.10. The molecule has 1 heterocycles. The van der Waals surface area contributed by atoms with Crippen LogP contribution in [0.3, 0.4) is 0 Å². The Balaban J connectivity index is 0.947. The lowest BCUT2D eigenvalue weighted by molar-refractivity contribution is 1.18. The Kier molecular flexibility index (Phi) is 8.53. The molecule has 290 valence electrons. The van der Waals surface area contributed by atoms with Gasteiger partial charge in [0.2, 0.25) is 0 Å². The second kappa shape index (κ2) is 14.8. The molecule has 0 amide bonds. The normalized spacial score (nSPS) is 11.5. The lowest BCUT2D eigenvalue weighted by atomic mass is 9.90. The highest BCUT2D eigenvalue weighted by Gasteiger charge is 2.18. The van der Waals surface area contributed by atoms with Crippen LogP contribution in [-0.2, 0) is 0 Å². The van der Waals surface area contributed by atoms with E-state index in [1.807, 2.05) is 0 Å². The van der Waals surface area contributed by atoms with Gasteiger partial charge in [0.05, 0.1) is 11.0 Å². The minimum atomic E-state index is 1.10. The van der Waals surface area contributed by atoms with Crippen LogP contribution in [-0.4, -0.2) is 4.57 Å². The molecule has 0 aliphatic rings. The van der Waals surface area contributed by atoms with Gasteiger partial charge >= 0.3 is 0 Å². The van der Waals surface area contributed by atoms with Crippen LogP contribution in [0.4, 0.5) is 17.1 Å². The predicted molar refractivity (Wildman–Crippen MR) is 264 cm³/mol. The highest BCUT2D eigenvalue weighted by Crippen LogP contribution is 2.43. The molecule has 0 unspecified atom stereocenters. The second-order valence-corrected chi connectivity index (χ2v) is 16.1. The maximum Gasteiger partial charge on any atom is 0.0541 e. The maximum absolute atomic E-state index is 2.40. The van der Waals surface area contributed by atoms with Crippen molar-refractivity contribution in [2.75, 3.05) is 4.90 Å². The number of rotatable bonds is 7. The largest absolute Gasteiger partial charge is 0.311 e. The van der Waals surface area contributed by atoms with Crippen LogP contribution in [0.1, 0.15) is 0 Å². The van der Waals surface area contributed by atoms with Gasteiger partial charge in [0.25, 0.3) is 0 Å². The summed E-state index contributed by atoms with van der Waals surface area (Å²) < 4.78 is 2.40. The Labute approximate surface area is 360 Å². The Morgan fingerprint density at radius 2 is 0.758 bits per heavy atom. The zero-order valence-corrected chi connectivity index (χ0v) is 34.0. The second-order valence-electron chi connectivity index (χ2n) is 16.1. The summed E-state index contributed by atoms with van der Waals surface area (Å²) in [7, 11) is 0. The van der Waals surface area contributed by atoms with E-state index >= 15 is 0 Å². The van der Waals surface area contributed by atoms with E-state index in [2.05, 4.69) is 252 Å². The van der Waals surface area contributed by atoms with Crippen molar-refractivity contribution in [3.8, 4) is 39.1 Å². The predicted octanol–water partition coefficient (Wildman–Crippen LogP) is 16.7. The van der Waals surface area contributed by atoms with Crippen molar-refractivity contribution in [2.45, 2.75) is 0 Å². The molecule has 0 atom stereocenters. The van der Waals surface area contributed by atoms with Crippen molar-refractivity contribution in [2.24, 2.45) is 0 Å². The molecule has 0 saturated heterocycles. The summed E-state index contributed by atoms with van der Waals surface area (Å²) in [6.45, 7) is 0. The molecule has 2 heteroatoms. The third kappa shape index (κ3) is 5.96. The summed E-state index contributed by atoms with van der Waals surface area (Å²) in [5.74, 6) is 0. The summed E-state index contributed by atoms with van der Waals surface area (Å²) in [6.07, 6.45) is 0. The van der Waals surface area contributed by atoms with Crippen molar-refractivity contribution >= 4 is 71.2 Å². The van der Waals surface area contributed by atoms with Gasteiger partial charge in [-0.3, -0.25) is 0 Å². The molecule has 11 aromatic carbocycles.